The molecule has 5 heteroatoms. The third kappa shape index (κ3) is 2.47. The molecule has 0 aromatic rings. The molecule has 0 spiro atoms. The summed E-state index contributed by atoms with van der Waals surface area (Å²) in [4.78, 5) is 0. The minimum atomic E-state index is -0.581. The maximum atomic E-state index is 14.1. The van der Waals surface area contributed by atoms with Gasteiger partial charge in [0.1, 0.15) is 11.9 Å². The first kappa shape index (κ1) is 14.3. The topological polar surface area (TPSA) is 27.7 Å². The van der Waals surface area contributed by atoms with Crippen LogP contribution in [0.1, 0.15) is 40.5 Å². The molecule has 2 atom stereocenters. The Kier molecular flexibility index (Phi) is 3.35. The summed E-state index contributed by atoms with van der Waals surface area (Å²) in [5.41, 5.74) is -0.819. The van der Waals surface area contributed by atoms with Gasteiger partial charge < -0.3 is 14.0 Å². The predicted molar refractivity (Wildman–Crippen MR) is 76.1 cm³/mol. The van der Waals surface area contributed by atoms with E-state index >= 15 is 0 Å². The minimum Gasteiger partial charge on any atom is -0.403 e. The fraction of sp³-hybridized carbons (Fsp3) is 0.733. The van der Waals surface area contributed by atoms with Crippen LogP contribution < -0.4 is 0 Å². The molecule has 3 rings (SSSR count). The summed E-state index contributed by atoms with van der Waals surface area (Å²) in [7, 11) is -0.473. The largest absolute Gasteiger partial charge is 0.468 e. The van der Waals surface area contributed by atoms with Crippen molar-refractivity contribution in [1.82, 2.24) is 0 Å². The molecule has 3 nitrogen and oxygen atoms in total. The third-order valence-electron chi connectivity index (χ3n) is 4.66. The SMILES string of the molecule is CC1(C)OB(C2C=CC=C(F)C2OC2CC2)OC1(C)C. The number of hydrogen-bond donors (Lipinski definition) is 0. The lowest BCUT2D eigenvalue weighted by molar-refractivity contribution is 0.00578. The van der Waals surface area contributed by atoms with Gasteiger partial charge in [-0.1, -0.05) is 12.2 Å². The Morgan fingerprint density at radius 2 is 1.80 bits per heavy atom. The van der Waals surface area contributed by atoms with Gasteiger partial charge >= 0.3 is 7.12 Å². The van der Waals surface area contributed by atoms with Gasteiger partial charge in [0.2, 0.25) is 0 Å². The van der Waals surface area contributed by atoms with Crippen LogP contribution in [-0.4, -0.2) is 30.5 Å². The van der Waals surface area contributed by atoms with Crippen LogP contribution in [-0.2, 0) is 14.0 Å². The van der Waals surface area contributed by atoms with E-state index in [0.717, 1.165) is 12.8 Å². The second-order valence-electron chi connectivity index (χ2n) is 6.89. The molecule has 20 heavy (non-hydrogen) atoms. The van der Waals surface area contributed by atoms with E-state index in [1.165, 1.54) is 6.08 Å². The van der Waals surface area contributed by atoms with Crippen molar-refractivity contribution in [2.75, 3.05) is 0 Å². The Balaban J connectivity index is 1.78. The maximum Gasteiger partial charge on any atom is 0.468 e. The zero-order valence-corrected chi connectivity index (χ0v) is 12.6. The van der Waals surface area contributed by atoms with E-state index in [2.05, 4.69) is 0 Å². The van der Waals surface area contributed by atoms with Gasteiger partial charge in [0.15, 0.2) is 0 Å². The van der Waals surface area contributed by atoms with Crippen molar-refractivity contribution in [3.63, 3.8) is 0 Å². The maximum absolute atomic E-state index is 14.1. The molecule has 1 aliphatic heterocycles. The number of allylic oxidation sites excluding steroid dienone is 2. The Morgan fingerprint density at radius 3 is 2.35 bits per heavy atom. The lowest BCUT2D eigenvalue weighted by Crippen LogP contribution is -2.41. The highest BCUT2D eigenvalue weighted by Gasteiger charge is 2.55. The van der Waals surface area contributed by atoms with Gasteiger partial charge in [0, 0.05) is 5.82 Å². The van der Waals surface area contributed by atoms with Crippen molar-refractivity contribution < 1.29 is 18.4 Å². The molecule has 0 aromatic heterocycles. The zero-order chi connectivity index (χ0) is 14.5. The Bertz CT molecular complexity index is 438. The molecule has 0 radical (unpaired) electrons. The molecule has 0 bridgehead atoms. The molecule has 2 aliphatic carbocycles. The predicted octanol–water partition coefficient (Wildman–Crippen LogP) is 3.42. The average Bonchev–Trinajstić information content (AvgIpc) is 3.10. The van der Waals surface area contributed by atoms with E-state index in [0.29, 0.717) is 0 Å². The summed E-state index contributed by atoms with van der Waals surface area (Å²) in [5.74, 6) is -0.472. The van der Waals surface area contributed by atoms with Crippen LogP contribution in [0, 0.1) is 0 Å². The van der Waals surface area contributed by atoms with Crippen LogP contribution in [0.2, 0.25) is 5.82 Å². The van der Waals surface area contributed by atoms with Crippen LogP contribution in [0.15, 0.2) is 24.1 Å². The Morgan fingerprint density at radius 1 is 1.20 bits per heavy atom. The molecule has 110 valence electrons. The highest BCUT2D eigenvalue weighted by atomic mass is 19.1. The summed E-state index contributed by atoms with van der Waals surface area (Å²) in [6.45, 7) is 8.01. The van der Waals surface area contributed by atoms with Gasteiger partial charge in [-0.3, -0.25) is 0 Å². The molecule has 1 heterocycles. The van der Waals surface area contributed by atoms with Crippen molar-refractivity contribution in [1.29, 1.82) is 0 Å². The van der Waals surface area contributed by atoms with Crippen LogP contribution >= 0.6 is 0 Å². The van der Waals surface area contributed by atoms with Gasteiger partial charge in [-0.15, -0.1) is 0 Å². The number of halogens is 1. The quantitative estimate of drug-likeness (QED) is 0.741. The van der Waals surface area contributed by atoms with Crippen molar-refractivity contribution in [2.24, 2.45) is 0 Å². The van der Waals surface area contributed by atoms with Gasteiger partial charge in [0.25, 0.3) is 0 Å². The first-order valence-corrected chi connectivity index (χ1v) is 7.35. The van der Waals surface area contributed by atoms with Gasteiger partial charge in [-0.2, -0.15) is 0 Å². The third-order valence-corrected chi connectivity index (χ3v) is 4.66. The average molecular weight is 280 g/mol. The van der Waals surface area contributed by atoms with E-state index in [1.54, 1.807) is 6.08 Å². The van der Waals surface area contributed by atoms with Crippen molar-refractivity contribution in [3.8, 4) is 0 Å². The van der Waals surface area contributed by atoms with E-state index in [4.69, 9.17) is 14.0 Å². The number of hydrogen-bond acceptors (Lipinski definition) is 3. The summed E-state index contributed by atoms with van der Waals surface area (Å²) in [6, 6.07) is 0. The molecular formula is C15H22BFO3. The van der Waals surface area contributed by atoms with Crippen LogP contribution in [0.4, 0.5) is 4.39 Å². The lowest BCUT2D eigenvalue weighted by atomic mass is 9.67. The second kappa shape index (κ2) is 4.68. The smallest absolute Gasteiger partial charge is 0.403 e. The molecule has 0 aromatic carbocycles. The molecule has 3 aliphatic rings. The molecule has 1 saturated carbocycles. The number of ether oxygens (including phenoxy) is 1. The van der Waals surface area contributed by atoms with Crippen LogP contribution in [0.3, 0.4) is 0 Å². The fourth-order valence-electron chi connectivity index (χ4n) is 2.50. The Labute approximate surface area is 120 Å². The highest BCUT2D eigenvalue weighted by molar-refractivity contribution is 6.48. The summed E-state index contributed by atoms with van der Waals surface area (Å²) < 4.78 is 32.0. The first-order chi connectivity index (χ1) is 9.30. The number of rotatable bonds is 3. The normalized spacial score (nSPS) is 35.2. The van der Waals surface area contributed by atoms with E-state index in [1.807, 2.05) is 33.8 Å². The minimum absolute atomic E-state index is 0.190. The van der Waals surface area contributed by atoms with E-state index in [9.17, 15) is 4.39 Å². The highest BCUT2D eigenvalue weighted by Crippen LogP contribution is 2.44. The molecule has 0 amide bonds. The Hall–Kier alpha value is -0.645. The molecule has 1 saturated heterocycles. The van der Waals surface area contributed by atoms with E-state index in [-0.39, 0.29) is 17.7 Å². The fourth-order valence-corrected chi connectivity index (χ4v) is 2.50. The molecule has 0 N–H and O–H groups in total. The monoisotopic (exact) mass is 280 g/mol. The van der Waals surface area contributed by atoms with Crippen molar-refractivity contribution in [3.05, 3.63) is 24.1 Å². The van der Waals surface area contributed by atoms with Gasteiger partial charge in [0.05, 0.1) is 17.3 Å². The first-order valence-electron chi connectivity index (χ1n) is 7.35. The van der Waals surface area contributed by atoms with Crippen LogP contribution in [0.5, 0.6) is 0 Å². The van der Waals surface area contributed by atoms with Gasteiger partial charge in [-0.25, -0.2) is 4.39 Å². The molecule has 2 fully saturated rings. The van der Waals surface area contributed by atoms with E-state index < -0.39 is 24.4 Å². The van der Waals surface area contributed by atoms with Gasteiger partial charge in [-0.05, 0) is 46.6 Å². The zero-order valence-electron chi connectivity index (χ0n) is 12.6. The second-order valence-corrected chi connectivity index (χ2v) is 6.89. The lowest BCUT2D eigenvalue weighted by Gasteiger charge is -2.32. The summed E-state index contributed by atoms with van der Waals surface area (Å²) in [5, 5.41) is 0. The van der Waals surface area contributed by atoms with Crippen molar-refractivity contribution in [2.45, 2.75) is 69.8 Å². The van der Waals surface area contributed by atoms with Crippen LogP contribution in [0.25, 0.3) is 0 Å². The standard InChI is InChI=1S/C15H22BFO3/c1-14(2)15(3,4)20-16(19-14)11-6-5-7-12(17)13(11)18-10-8-9-10/h5-7,10-11,13H,8-9H2,1-4H3. The summed E-state index contributed by atoms with van der Waals surface area (Å²) in [6.07, 6.45) is 6.76. The molecular weight excluding hydrogens is 258 g/mol. The van der Waals surface area contributed by atoms with Crippen molar-refractivity contribution >= 4 is 7.12 Å². The molecule has 2 unspecified atom stereocenters. The summed E-state index contributed by atoms with van der Waals surface area (Å²) >= 11 is 0.